The number of benzene rings is 2. The van der Waals surface area contributed by atoms with Gasteiger partial charge in [0.25, 0.3) is 0 Å². The van der Waals surface area contributed by atoms with Gasteiger partial charge in [-0.2, -0.15) is 0 Å². The van der Waals surface area contributed by atoms with E-state index in [0.29, 0.717) is 12.8 Å². The number of nitrogens with one attached hydrogen (secondary N) is 1. The van der Waals surface area contributed by atoms with Crippen LogP contribution in [0.1, 0.15) is 12.0 Å². The van der Waals surface area contributed by atoms with Crippen LogP contribution in [-0.4, -0.2) is 46.0 Å². The number of carbonyl (C=O) groups is 2. The van der Waals surface area contributed by atoms with Crippen LogP contribution in [0.3, 0.4) is 0 Å². The summed E-state index contributed by atoms with van der Waals surface area (Å²) in [5.41, 5.74) is 0.992. The average molecular weight is 439 g/mol. The molecular formula is C19H21NO3Te. The molecule has 0 unspecified atom stereocenters. The molecule has 1 amide bonds. The van der Waals surface area contributed by atoms with Crippen LogP contribution >= 0.6 is 0 Å². The Morgan fingerprint density at radius 2 is 1.67 bits per heavy atom. The maximum atomic E-state index is 12.2. The third-order valence-corrected chi connectivity index (χ3v) is 6.34. The van der Waals surface area contributed by atoms with Gasteiger partial charge in [-0.25, -0.2) is 0 Å². The molecule has 4 nitrogen and oxygen atoms in total. The molecular weight excluding hydrogens is 418 g/mol. The Balaban J connectivity index is 1.84. The third-order valence-electron chi connectivity index (χ3n) is 3.44. The van der Waals surface area contributed by atoms with Crippen LogP contribution in [0, 0.1) is 0 Å². The van der Waals surface area contributed by atoms with Crippen molar-refractivity contribution in [2.45, 2.75) is 23.4 Å². The fraction of sp³-hybridized carbons (Fsp3) is 0.263. The number of esters is 1. The summed E-state index contributed by atoms with van der Waals surface area (Å²) in [5, 5.41) is 2.81. The minimum atomic E-state index is -0.637. The van der Waals surface area contributed by atoms with E-state index in [0.717, 1.165) is 10.0 Å². The van der Waals surface area contributed by atoms with Gasteiger partial charge >= 0.3 is 153 Å². The number of amides is 1. The summed E-state index contributed by atoms with van der Waals surface area (Å²) in [6.07, 6.45) is 0.883. The molecule has 0 aliphatic rings. The summed E-state index contributed by atoms with van der Waals surface area (Å²) in [7, 11) is 1.34. The first-order chi connectivity index (χ1) is 11.7. The minimum absolute atomic E-state index is 0.0950. The Labute approximate surface area is 152 Å². The van der Waals surface area contributed by atoms with E-state index in [9.17, 15) is 9.59 Å². The molecule has 0 radical (unpaired) electrons. The van der Waals surface area contributed by atoms with E-state index in [-0.39, 0.29) is 26.8 Å². The van der Waals surface area contributed by atoms with E-state index in [1.165, 1.54) is 10.7 Å². The van der Waals surface area contributed by atoms with Gasteiger partial charge in [0.1, 0.15) is 0 Å². The zero-order chi connectivity index (χ0) is 17.2. The van der Waals surface area contributed by atoms with Crippen LogP contribution in [0.4, 0.5) is 0 Å². The molecule has 2 rings (SSSR count). The van der Waals surface area contributed by atoms with Crippen LogP contribution in [0.2, 0.25) is 4.47 Å². The van der Waals surface area contributed by atoms with E-state index in [4.69, 9.17) is 4.74 Å². The molecule has 24 heavy (non-hydrogen) atoms. The Morgan fingerprint density at radius 1 is 1.04 bits per heavy atom. The van der Waals surface area contributed by atoms with Gasteiger partial charge in [-0.05, 0) is 0 Å². The van der Waals surface area contributed by atoms with Crippen molar-refractivity contribution in [1.82, 2.24) is 5.32 Å². The molecule has 0 saturated carbocycles. The Hall–Kier alpha value is -1.83. The molecule has 2 aromatic rings. The number of ether oxygens (including phenoxy) is 1. The fourth-order valence-corrected chi connectivity index (χ4v) is 4.72. The van der Waals surface area contributed by atoms with Crippen molar-refractivity contribution in [2.24, 2.45) is 0 Å². The molecule has 126 valence electrons. The van der Waals surface area contributed by atoms with Gasteiger partial charge in [0.15, 0.2) is 0 Å². The Bertz CT molecular complexity index is 646. The normalized spacial score (nSPS) is 11.5. The fourth-order valence-electron chi connectivity index (χ4n) is 2.23. The second-order valence-corrected chi connectivity index (χ2v) is 8.58. The molecule has 1 atom stereocenters. The zero-order valence-corrected chi connectivity index (χ0v) is 15.9. The first-order valence-corrected chi connectivity index (χ1v) is 10.6. The molecule has 0 saturated heterocycles. The van der Waals surface area contributed by atoms with Gasteiger partial charge in [-0.3, -0.25) is 0 Å². The SMILES string of the molecule is COC(=O)[C@H](Cc1ccccc1)NC(=O)CC[Te]c1ccccc1. The van der Waals surface area contributed by atoms with E-state index in [2.05, 4.69) is 17.4 Å². The van der Waals surface area contributed by atoms with Crippen molar-refractivity contribution < 1.29 is 14.3 Å². The monoisotopic (exact) mass is 441 g/mol. The molecule has 1 N–H and O–H groups in total. The van der Waals surface area contributed by atoms with E-state index < -0.39 is 12.0 Å². The van der Waals surface area contributed by atoms with Crippen LogP contribution in [0.5, 0.6) is 0 Å². The number of hydrogen-bond acceptors (Lipinski definition) is 3. The molecule has 0 aromatic heterocycles. The standard InChI is InChI=1S/C19H21NO3Te/c1-23-19(22)17(14-15-8-4-2-5-9-15)20-18(21)12-13-24-16-10-6-3-7-11-16/h2-11,17H,12-14H2,1H3,(H,20,21)/t17-/m0/s1. The van der Waals surface area contributed by atoms with Gasteiger partial charge in [-0.15, -0.1) is 0 Å². The van der Waals surface area contributed by atoms with Crippen molar-refractivity contribution in [3.8, 4) is 0 Å². The number of hydrogen-bond donors (Lipinski definition) is 1. The first-order valence-electron chi connectivity index (χ1n) is 7.78. The quantitative estimate of drug-likeness (QED) is 0.504. The predicted octanol–water partition coefficient (Wildman–Crippen LogP) is 1.72. The molecule has 0 fully saturated rings. The third kappa shape index (κ3) is 6.35. The molecule has 0 aliphatic carbocycles. The van der Waals surface area contributed by atoms with E-state index >= 15 is 0 Å². The topological polar surface area (TPSA) is 55.4 Å². The summed E-state index contributed by atoms with van der Waals surface area (Å²) < 4.78 is 7.03. The van der Waals surface area contributed by atoms with Crippen molar-refractivity contribution in [2.75, 3.05) is 7.11 Å². The molecule has 2 aromatic carbocycles. The van der Waals surface area contributed by atoms with Crippen LogP contribution in [0.15, 0.2) is 60.7 Å². The molecule has 5 heteroatoms. The zero-order valence-electron chi connectivity index (χ0n) is 13.6. The number of rotatable bonds is 8. The Morgan fingerprint density at radius 3 is 2.29 bits per heavy atom. The van der Waals surface area contributed by atoms with Gasteiger partial charge in [0, 0.05) is 0 Å². The van der Waals surface area contributed by atoms with Crippen molar-refractivity contribution in [1.29, 1.82) is 0 Å². The summed E-state index contributed by atoms with van der Waals surface area (Å²) in [4.78, 5) is 24.1. The predicted molar refractivity (Wildman–Crippen MR) is 95.3 cm³/mol. The van der Waals surface area contributed by atoms with Crippen LogP contribution in [-0.2, 0) is 20.7 Å². The van der Waals surface area contributed by atoms with Gasteiger partial charge in [-0.1, -0.05) is 0 Å². The van der Waals surface area contributed by atoms with Gasteiger partial charge in [0.2, 0.25) is 0 Å². The van der Waals surface area contributed by atoms with E-state index in [1.807, 2.05) is 48.5 Å². The number of methoxy groups -OCH3 is 1. The van der Waals surface area contributed by atoms with Crippen LogP contribution < -0.4 is 8.93 Å². The second-order valence-electron chi connectivity index (χ2n) is 5.24. The Kier molecular flexibility index (Phi) is 7.81. The summed E-state index contributed by atoms with van der Waals surface area (Å²) >= 11 is -0.364. The molecule has 0 bridgehead atoms. The van der Waals surface area contributed by atoms with Crippen molar-refractivity contribution in [3.63, 3.8) is 0 Å². The van der Waals surface area contributed by atoms with Gasteiger partial charge < -0.3 is 0 Å². The van der Waals surface area contributed by atoms with E-state index in [1.54, 1.807) is 0 Å². The average Bonchev–Trinajstić information content (AvgIpc) is 2.62. The van der Waals surface area contributed by atoms with Crippen molar-refractivity contribution in [3.05, 3.63) is 66.2 Å². The summed E-state index contributed by atoms with van der Waals surface area (Å²) in [6, 6.07) is 19.2. The second kappa shape index (κ2) is 10.1. The molecule has 0 spiro atoms. The molecule has 0 aliphatic heterocycles. The first kappa shape index (κ1) is 18.5. The molecule has 0 heterocycles. The summed E-state index contributed by atoms with van der Waals surface area (Å²) in [5.74, 6) is -0.505. The number of carbonyl (C=O) groups excluding carboxylic acids is 2. The van der Waals surface area contributed by atoms with Gasteiger partial charge in [0.05, 0.1) is 0 Å². The maximum absolute atomic E-state index is 12.2. The van der Waals surface area contributed by atoms with Crippen molar-refractivity contribution >= 4 is 36.4 Å². The van der Waals surface area contributed by atoms with Crippen LogP contribution in [0.25, 0.3) is 0 Å². The summed E-state index contributed by atoms with van der Waals surface area (Å²) in [6.45, 7) is 0.